The molecule has 3 rings (SSSR count). The molecular formula is C22H23NO3. The zero-order valence-electron chi connectivity index (χ0n) is 15.4. The molecule has 0 bridgehead atoms. The van der Waals surface area contributed by atoms with Crippen molar-refractivity contribution in [1.29, 1.82) is 0 Å². The van der Waals surface area contributed by atoms with Gasteiger partial charge in [-0.1, -0.05) is 59.2 Å². The molecule has 0 atom stereocenters. The van der Waals surface area contributed by atoms with E-state index in [0.29, 0.717) is 24.7 Å². The molecule has 0 radical (unpaired) electrons. The standard InChI is InChI=1S/C22H23NO3/c1-15-4-6-19(7-5-15)20-13-23-21(26-20)8-9-22(24)25-14-18-11-16(2)10-17(3)12-18/h4-7,10-13H,8-9,14H2,1-3H3. The quantitative estimate of drug-likeness (QED) is 0.591. The number of benzene rings is 2. The van der Waals surface area contributed by atoms with Crippen molar-refractivity contribution in [3.63, 3.8) is 0 Å². The molecule has 134 valence electrons. The Morgan fingerprint density at radius 3 is 2.38 bits per heavy atom. The minimum Gasteiger partial charge on any atom is -0.461 e. The van der Waals surface area contributed by atoms with Gasteiger partial charge in [-0.25, -0.2) is 4.98 Å². The van der Waals surface area contributed by atoms with Gasteiger partial charge in [-0.05, 0) is 26.3 Å². The molecular weight excluding hydrogens is 326 g/mol. The van der Waals surface area contributed by atoms with Gasteiger partial charge < -0.3 is 9.15 Å². The lowest BCUT2D eigenvalue weighted by atomic mass is 10.1. The molecule has 2 aromatic carbocycles. The average Bonchev–Trinajstić information content (AvgIpc) is 3.07. The number of aromatic nitrogens is 1. The Morgan fingerprint density at radius 2 is 1.69 bits per heavy atom. The lowest BCUT2D eigenvalue weighted by Crippen LogP contribution is -2.06. The summed E-state index contributed by atoms with van der Waals surface area (Å²) in [5.41, 5.74) is 5.51. The van der Waals surface area contributed by atoms with Crippen LogP contribution in [0, 0.1) is 20.8 Å². The predicted octanol–water partition coefficient (Wildman–Crippen LogP) is 4.94. The predicted molar refractivity (Wildman–Crippen MR) is 101 cm³/mol. The summed E-state index contributed by atoms with van der Waals surface area (Å²) < 4.78 is 11.1. The summed E-state index contributed by atoms with van der Waals surface area (Å²) in [6.45, 7) is 6.40. The van der Waals surface area contributed by atoms with Crippen LogP contribution in [-0.4, -0.2) is 11.0 Å². The first kappa shape index (κ1) is 17.9. The van der Waals surface area contributed by atoms with E-state index in [1.54, 1.807) is 6.20 Å². The van der Waals surface area contributed by atoms with Crippen molar-refractivity contribution in [3.05, 3.63) is 76.8 Å². The summed E-state index contributed by atoms with van der Waals surface area (Å²) in [6, 6.07) is 14.2. The van der Waals surface area contributed by atoms with E-state index in [1.165, 1.54) is 16.7 Å². The minimum atomic E-state index is -0.251. The lowest BCUT2D eigenvalue weighted by Gasteiger charge is -2.06. The van der Waals surface area contributed by atoms with Gasteiger partial charge in [0.25, 0.3) is 0 Å². The molecule has 0 aliphatic heterocycles. The third-order valence-electron chi connectivity index (χ3n) is 4.11. The Labute approximate surface area is 153 Å². The second kappa shape index (κ2) is 8.00. The fourth-order valence-corrected chi connectivity index (χ4v) is 2.87. The van der Waals surface area contributed by atoms with Gasteiger partial charge in [0.05, 0.1) is 12.6 Å². The molecule has 0 saturated carbocycles. The average molecular weight is 349 g/mol. The molecule has 4 nitrogen and oxygen atoms in total. The van der Waals surface area contributed by atoms with E-state index in [4.69, 9.17) is 9.15 Å². The molecule has 0 N–H and O–H groups in total. The maximum Gasteiger partial charge on any atom is 0.306 e. The number of rotatable bonds is 6. The second-order valence-electron chi connectivity index (χ2n) is 6.64. The highest BCUT2D eigenvalue weighted by Gasteiger charge is 2.10. The van der Waals surface area contributed by atoms with Crippen LogP contribution in [-0.2, 0) is 22.6 Å². The van der Waals surface area contributed by atoms with Crippen molar-refractivity contribution in [2.75, 3.05) is 0 Å². The van der Waals surface area contributed by atoms with Crippen LogP contribution in [0.2, 0.25) is 0 Å². The van der Waals surface area contributed by atoms with Gasteiger partial charge in [0, 0.05) is 12.0 Å². The monoisotopic (exact) mass is 349 g/mol. The van der Waals surface area contributed by atoms with E-state index in [1.807, 2.05) is 57.2 Å². The molecule has 0 aliphatic rings. The summed E-state index contributed by atoms with van der Waals surface area (Å²) in [4.78, 5) is 16.2. The number of carbonyl (C=O) groups excluding carboxylic acids is 1. The Bertz CT molecular complexity index is 874. The van der Waals surface area contributed by atoms with Crippen molar-refractivity contribution in [2.24, 2.45) is 0 Å². The minimum absolute atomic E-state index is 0.249. The van der Waals surface area contributed by atoms with E-state index < -0.39 is 0 Å². The van der Waals surface area contributed by atoms with Crippen molar-refractivity contribution in [3.8, 4) is 11.3 Å². The highest BCUT2D eigenvalue weighted by atomic mass is 16.5. The van der Waals surface area contributed by atoms with Crippen molar-refractivity contribution >= 4 is 5.97 Å². The SMILES string of the molecule is Cc1ccc(-c2cnc(CCC(=O)OCc3cc(C)cc(C)c3)o2)cc1. The van der Waals surface area contributed by atoms with Gasteiger partial charge in [-0.3, -0.25) is 4.79 Å². The van der Waals surface area contributed by atoms with Gasteiger partial charge >= 0.3 is 5.97 Å². The summed E-state index contributed by atoms with van der Waals surface area (Å²) in [5.74, 6) is 1.01. The van der Waals surface area contributed by atoms with Crippen LogP contribution < -0.4 is 0 Å². The largest absolute Gasteiger partial charge is 0.461 e. The molecule has 1 aromatic heterocycles. The molecule has 0 saturated heterocycles. The number of nitrogens with zero attached hydrogens (tertiary/aromatic N) is 1. The number of aryl methyl sites for hydroxylation is 4. The van der Waals surface area contributed by atoms with Crippen molar-refractivity contribution in [2.45, 2.75) is 40.2 Å². The van der Waals surface area contributed by atoms with E-state index >= 15 is 0 Å². The summed E-state index contributed by atoms with van der Waals surface area (Å²) in [5, 5.41) is 0. The number of esters is 1. The summed E-state index contributed by atoms with van der Waals surface area (Å²) in [6.07, 6.45) is 2.37. The third-order valence-corrected chi connectivity index (χ3v) is 4.11. The van der Waals surface area contributed by atoms with E-state index in [2.05, 4.69) is 11.1 Å². The first-order valence-electron chi connectivity index (χ1n) is 8.74. The number of hydrogen-bond acceptors (Lipinski definition) is 4. The Balaban J connectivity index is 1.51. The first-order chi connectivity index (χ1) is 12.5. The zero-order valence-corrected chi connectivity index (χ0v) is 15.4. The van der Waals surface area contributed by atoms with Gasteiger partial charge in [-0.2, -0.15) is 0 Å². The van der Waals surface area contributed by atoms with Gasteiger partial charge in [0.15, 0.2) is 11.7 Å². The summed E-state index contributed by atoms with van der Waals surface area (Å²) in [7, 11) is 0. The fraction of sp³-hybridized carbons (Fsp3) is 0.273. The molecule has 3 aromatic rings. The fourth-order valence-electron chi connectivity index (χ4n) is 2.87. The number of oxazole rings is 1. The molecule has 0 spiro atoms. The Morgan fingerprint density at radius 1 is 1.00 bits per heavy atom. The van der Waals surface area contributed by atoms with Gasteiger partial charge in [-0.15, -0.1) is 0 Å². The van der Waals surface area contributed by atoms with E-state index in [9.17, 15) is 4.79 Å². The van der Waals surface area contributed by atoms with Gasteiger partial charge in [0.1, 0.15) is 6.61 Å². The molecule has 0 unspecified atom stereocenters. The van der Waals surface area contributed by atoms with E-state index in [-0.39, 0.29) is 12.4 Å². The number of hydrogen-bond donors (Lipinski definition) is 0. The first-order valence-corrected chi connectivity index (χ1v) is 8.74. The molecule has 0 amide bonds. The van der Waals surface area contributed by atoms with Crippen molar-refractivity contribution in [1.82, 2.24) is 4.98 Å². The third kappa shape index (κ3) is 4.82. The number of ether oxygens (including phenoxy) is 1. The Kier molecular flexibility index (Phi) is 5.52. The molecule has 0 fully saturated rings. The molecule has 26 heavy (non-hydrogen) atoms. The normalized spacial score (nSPS) is 10.7. The number of carbonyl (C=O) groups is 1. The van der Waals surface area contributed by atoms with Crippen LogP contribution in [0.15, 0.2) is 53.1 Å². The lowest BCUT2D eigenvalue weighted by molar-refractivity contribution is -0.145. The van der Waals surface area contributed by atoms with Crippen LogP contribution in [0.3, 0.4) is 0 Å². The Hall–Kier alpha value is -2.88. The smallest absolute Gasteiger partial charge is 0.306 e. The van der Waals surface area contributed by atoms with Crippen LogP contribution in [0.1, 0.15) is 34.6 Å². The maximum atomic E-state index is 12.0. The summed E-state index contributed by atoms with van der Waals surface area (Å²) >= 11 is 0. The molecule has 1 heterocycles. The van der Waals surface area contributed by atoms with E-state index in [0.717, 1.165) is 11.1 Å². The maximum absolute atomic E-state index is 12.0. The highest BCUT2D eigenvalue weighted by Crippen LogP contribution is 2.21. The van der Waals surface area contributed by atoms with Crippen LogP contribution >= 0.6 is 0 Å². The molecule has 0 aliphatic carbocycles. The van der Waals surface area contributed by atoms with Crippen LogP contribution in [0.5, 0.6) is 0 Å². The van der Waals surface area contributed by atoms with Crippen LogP contribution in [0.25, 0.3) is 11.3 Å². The second-order valence-corrected chi connectivity index (χ2v) is 6.64. The topological polar surface area (TPSA) is 52.3 Å². The zero-order chi connectivity index (χ0) is 18.5. The van der Waals surface area contributed by atoms with Gasteiger partial charge in [0.2, 0.25) is 0 Å². The van der Waals surface area contributed by atoms with Crippen molar-refractivity contribution < 1.29 is 13.9 Å². The van der Waals surface area contributed by atoms with Crippen LogP contribution in [0.4, 0.5) is 0 Å². The molecule has 4 heteroatoms. The highest BCUT2D eigenvalue weighted by molar-refractivity contribution is 5.69.